The van der Waals surface area contributed by atoms with Gasteiger partial charge in [0, 0.05) is 15.6 Å². The van der Waals surface area contributed by atoms with Crippen molar-refractivity contribution in [2.75, 3.05) is 0 Å². The van der Waals surface area contributed by atoms with E-state index in [0.29, 0.717) is 21.2 Å². The summed E-state index contributed by atoms with van der Waals surface area (Å²) < 4.78 is 0.872. The molecule has 108 valence electrons. The van der Waals surface area contributed by atoms with Crippen LogP contribution in [-0.2, 0) is 0 Å². The van der Waals surface area contributed by atoms with Crippen LogP contribution in [0, 0.1) is 6.92 Å². The second kappa shape index (κ2) is 7.07. The first-order chi connectivity index (χ1) is 9.99. The molecule has 1 amide bonds. The molecule has 0 aromatic heterocycles. The van der Waals surface area contributed by atoms with Gasteiger partial charge in [-0.3, -0.25) is 4.79 Å². The Kier molecular flexibility index (Phi) is 5.39. The highest BCUT2D eigenvalue weighted by Crippen LogP contribution is 2.24. The smallest absolute Gasteiger partial charge is 0.267 e. The molecule has 2 rings (SSSR count). The van der Waals surface area contributed by atoms with Crippen molar-refractivity contribution in [1.29, 1.82) is 0 Å². The Morgan fingerprint density at radius 2 is 2.05 bits per heavy atom. The average Bonchev–Trinajstić information content (AvgIpc) is 2.46. The molecule has 0 aliphatic heterocycles. The van der Waals surface area contributed by atoms with Crippen LogP contribution < -0.4 is 5.43 Å². The Morgan fingerprint density at radius 3 is 2.76 bits per heavy atom. The number of aryl methyl sites for hydroxylation is 1. The van der Waals surface area contributed by atoms with E-state index in [1.54, 1.807) is 30.3 Å². The molecule has 0 saturated carbocycles. The molecular formula is C15H11BrCl2N2O. The molecule has 0 atom stereocenters. The second-order valence-corrected chi connectivity index (χ2v) is 5.95. The van der Waals surface area contributed by atoms with Crippen LogP contribution in [0.5, 0.6) is 0 Å². The highest BCUT2D eigenvalue weighted by atomic mass is 79.9. The monoisotopic (exact) mass is 384 g/mol. The Balaban J connectivity index is 2.08. The van der Waals surface area contributed by atoms with Gasteiger partial charge in [0.25, 0.3) is 5.91 Å². The second-order valence-electron chi connectivity index (χ2n) is 4.31. The Morgan fingerprint density at radius 1 is 1.29 bits per heavy atom. The molecule has 0 saturated heterocycles. The van der Waals surface area contributed by atoms with Gasteiger partial charge in [0.1, 0.15) is 0 Å². The lowest BCUT2D eigenvalue weighted by atomic mass is 10.1. The van der Waals surface area contributed by atoms with Gasteiger partial charge in [0.2, 0.25) is 0 Å². The quantitative estimate of drug-likeness (QED) is 0.596. The molecule has 6 heteroatoms. The summed E-state index contributed by atoms with van der Waals surface area (Å²) in [6.45, 7) is 1.95. The SMILES string of the molecule is Cc1ccc(C(=O)NN=Cc2cccc(Cl)c2Cl)cc1Br. The Labute approximate surface area is 141 Å². The number of nitrogens with zero attached hydrogens (tertiary/aromatic N) is 1. The van der Waals surface area contributed by atoms with Crippen molar-refractivity contribution in [3.8, 4) is 0 Å². The van der Waals surface area contributed by atoms with Gasteiger partial charge < -0.3 is 0 Å². The fraction of sp³-hybridized carbons (Fsp3) is 0.0667. The van der Waals surface area contributed by atoms with Crippen LogP contribution in [-0.4, -0.2) is 12.1 Å². The van der Waals surface area contributed by atoms with Gasteiger partial charge in [0.05, 0.1) is 16.3 Å². The van der Waals surface area contributed by atoms with Gasteiger partial charge in [-0.2, -0.15) is 5.10 Å². The summed E-state index contributed by atoms with van der Waals surface area (Å²) in [5, 5.41) is 4.73. The van der Waals surface area contributed by atoms with Gasteiger partial charge in [-0.1, -0.05) is 57.3 Å². The lowest BCUT2D eigenvalue weighted by Gasteiger charge is -2.03. The van der Waals surface area contributed by atoms with Crippen LogP contribution in [0.25, 0.3) is 0 Å². The minimum absolute atomic E-state index is 0.301. The zero-order valence-corrected chi connectivity index (χ0v) is 14.1. The van der Waals surface area contributed by atoms with Crippen LogP contribution in [0.15, 0.2) is 46.0 Å². The molecule has 0 aliphatic carbocycles. The van der Waals surface area contributed by atoms with E-state index in [1.807, 2.05) is 13.0 Å². The summed E-state index contributed by atoms with van der Waals surface area (Å²) in [5.74, 6) is -0.301. The Bertz CT molecular complexity index is 717. The third-order valence-electron chi connectivity index (χ3n) is 2.79. The topological polar surface area (TPSA) is 41.5 Å². The largest absolute Gasteiger partial charge is 0.271 e. The maximum absolute atomic E-state index is 11.9. The van der Waals surface area contributed by atoms with Crippen molar-refractivity contribution in [3.05, 3.63) is 67.6 Å². The first-order valence-electron chi connectivity index (χ1n) is 6.02. The summed E-state index contributed by atoms with van der Waals surface area (Å²) in [7, 11) is 0. The van der Waals surface area contributed by atoms with Crippen LogP contribution >= 0.6 is 39.1 Å². The third kappa shape index (κ3) is 4.06. The van der Waals surface area contributed by atoms with Crippen molar-refractivity contribution in [3.63, 3.8) is 0 Å². The fourth-order valence-corrected chi connectivity index (χ4v) is 2.31. The van der Waals surface area contributed by atoms with E-state index in [9.17, 15) is 4.79 Å². The lowest BCUT2D eigenvalue weighted by Crippen LogP contribution is -2.17. The number of nitrogens with one attached hydrogen (secondary N) is 1. The molecule has 0 aliphatic rings. The number of rotatable bonds is 3. The van der Waals surface area contributed by atoms with Crippen molar-refractivity contribution in [2.24, 2.45) is 5.10 Å². The molecule has 1 N–H and O–H groups in total. The maximum atomic E-state index is 11.9. The van der Waals surface area contributed by atoms with E-state index in [-0.39, 0.29) is 5.91 Å². The number of carbonyl (C=O) groups is 1. The number of amides is 1. The molecule has 0 spiro atoms. The first-order valence-corrected chi connectivity index (χ1v) is 7.57. The van der Waals surface area contributed by atoms with E-state index in [1.165, 1.54) is 6.21 Å². The van der Waals surface area contributed by atoms with Crippen molar-refractivity contribution < 1.29 is 4.79 Å². The summed E-state index contributed by atoms with van der Waals surface area (Å²) in [4.78, 5) is 11.9. The highest BCUT2D eigenvalue weighted by Gasteiger charge is 2.06. The Hall–Kier alpha value is -1.36. The van der Waals surface area contributed by atoms with Crippen molar-refractivity contribution >= 4 is 51.3 Å². The third-order valence-corrected chi connectivity index (χ3v) is 4.47. The predicted octanol–water partition coefficient (Wildman–Crippen LogP) is 4.83. The molecule has 2 aromatic rings. The van der Waals surface area contributed by atoms with Gasteiger partial charge in [0.15, 0.2) is 0 Å². The standard InChI is InChI=1S/C15H11BrCl2N2O/c1-9-5-6-10(7-12(9)16)15(21)20-19-8-11-3-2-4-13(17)14(11)18/h2-8H,1H3,(H,20,21). The van der Waals surface area contributed by atoms with Gasteiger partial charge in [-0.15, -0.1) is 0 Å². The molecule has 2 aromatic carbocycles. The van der Waals surface area contributed by atoms with E-state index in [2.05, 4.69) is 26.5 Å². The van der Waals surface area contributed by atoms with E-state index in [0.717, 1.165) is 10.0 Å². The molecule has 3 nitrogen and oxygen atoms in total. The van der Waals surface area contributed by atoms with Gasteiger partial charge in [-0.05, 0) is 30.7 Å². The van der Waals surface area contributed by atoms with E-state index >= 15 is 0 Å². The van der Waals surface area contributed by atoms with Gasteiger partial charge in [-0.25, -0.2) is 5.43 Å². The molecule has 0 fully saturated rings. The van der Waals surface area contributed by atoms with Gasteiger partial charge >= 0.3 is 0 Å². The first kappa shape index (κ1) is 16.0. The predicted molar refractivity (Wildman–Crippen MR) is 90.4 cm³/mol. The minimum Gasteiger partial charge on any atom is -0.267 e. The summed E-state index contributed by atoms with van der Waals surface area (Å²) in [6.07, 6.45) is 1.45. The normalized spacial score (nSPS) is 10.9. The fourth-order valence-electron chi connectivity index (χ4n) is 1.58. The molecule has 21 heavy (non-hydrogen) atoms. The minimum atomic E-state index is -0.301. The van der Waals surface area contributed by atoms with Crippen LogP contribution in [0.2, 0.25) is 10.0 Å². The molecule has 0 heterocycles. The number of hydrogen-bond acceptors (Lipinski definition) is 2. The molecule has 0 bridgehead atoms. The number of halogens is 3. The molecular weight excluding hydrogens is 375 g/mol. The van der Waals surface area contributed by atoms with E-state index in [4.69, 9.17) is 23.2 Å². The summed E-state index contributed by atoms with van der Waals surface area (Å²) in [5.41, 5.74) is 4.65. The zero-order valence-electron chi connectivity index (χ0n) is 11.0. The van der Waals surface area contributed by atoms with Crippen LogP contribution in [0.3, 0.4) is 0 Å². The maximum Gasteiger partial charge on any atom is 0.271 e. The number of hydrazone groups is 1. The lowest BCUT2D eigenvalue weighted by molar-refractivity contribution is 0.0955. The summed E-state index contributed by atoms with van der Waals surface area (Å²) >= 11 is 15.3. The number of benzene rings is 2. The average molecular weight is 386 g/mol. The van der Waals surface area contributed by atoms with Crippen molar-refractivity contribution in [2.45, 2.75) is 6.92 Å². The summed E-state index contributed by atoms with van der Waals surface area (Å²) in [6, 6.07) is 10.5. The molecule has 0 unspecified atom stereocenters. The molecule has 0 radical (unpaired) electrons. The zero-order chi connectivity index (χ0) is 15.4. The highest BCUT2D eigenvalue weighted by molar-refractivity contribution is 9.10. The van der Waals surface area contributed by atoms with Crippen molar-refractivity contribution in [1.82, 2.24) is 5.43 Å². The van der Waals surface area contributed by atoms with Crippen LogP contribution in [0.1, 0.15) is 21.5 Å². The van der Waals surface area contributed by atoms with Crippen LogP contribution in [0.4, 0.5) is 0 Å². The van der Waals surface area contributed by atoms with E-state index < -0.39 is 0 Å². The number of hydrogen-bond donors (Lipinski definition) is 1. The number of carbonyl (C=O) groups excluding carboxylic acids is 1.